The van der Waals surface area contributed by atoms with E-state index in [1.165, 1.54) is 18.6 Å². The van der Waals surface area contributed by atoms with Crippen molar-refractivity contribution in [1.82, 2.24) is 15.1 Å². The smallest absolute Gasteiger partial charge is 0.151 e. The molecule has 1 aliphatic heterocycles. The summed E-state index contributed by atoms with van der Waals surface area (Å²) >= 11 is 0. The summed E-state index contributed by atoms with van der Waals surface area (Å²) in [5.74, 6) is 0.560. The highest BCUT2D eigenvalue weighted by Crippen LogP contribution is 2.22. The molecular formula is C17H21FN4. The van der Waals surface area contributed by atoms with Gasteiger partial charge in [0.05, 0.1) is 5.69 Å². The molecule has 2 aromatic rings. The Balaban J connectivity index is 1.77. The molecule has 1 saturated heterocycles. The number of aromatic nitrogens is 2. The zero-order valence-corrected chi connectivity index (χ0v) is 13.0. The van der Waals surface area contributed by atoms with Gasteiger partial charge in [0.15, 0.2) is 5.82 Å². The lowest BCUT2D eigenvalue weighted by Crippen LogP contribution is -2.40. The number of nitrogens with one attached hydrogen (secondary N) is 1. The fourth-order valence-electron chi connectivity index (χ4n) is 2.89. The molecule has 0 aliphatic carbocycles. The number of piperidine rings is 1. The van der Waals surface area contributed by atoms with Gasteiger partial charge in [0, 0.05) is 18.2 Å². The molecule has 1 atom stereocenters. The lowest BCUT2D eigenvalue weighted by molar-refractivity contribution is 0.260. The third kappa shape index (κ3) is 3.42. The predicted octanol–water partition coefficient (Wildman–Crippen LogP) is 3.10. The van der Waals surface area contributed by atoms with Crippen LogP contribution in [-0.4, -0.2) is 41.3 Å². The van der Waals surface area contributed by atoms with Gasteiger partial charge < -0.3 is 10.2 Å². The number of likely N-dealkylation sites (tertiary alicyclic amines) is 1. The van der Waals surface area contributed by atoms with Crippen LogP contribution in [0, 0.1) is 12.7 Å². The Kier molecular flexibility index (Phi) is 4.34. The van der Waals surface area contributed by atoms with Crippen LogP contribution in [0.3, 0.4) is 0 Å². The standard InChI is InChI=1S/C17H21FN4/c1-12-9-16(13-5-3-6-14(18)10-13)20-21-17(12)19-15-7-4-8-22(2)11-15/h3,5-6,9-10,15H,4,7-8,11H2,1-2H3,(H,19,21)/t15-/m1/s1. The maximum atomic E-state index is 13.3. The van der Waals surface area contributed by atoms with Crippen LogP contribution in [0.25, 0.3) is 11.3 Å². The summed E-state index contributed by atoms with van der Waals surface area (Å²) in [7, 11) is 2.14. The van der Waals surface area contributed by atoms with Crippen molar-refractivity contribution in [3.05, 3.63) is 41.7 Å². The summed E-state index contributed by atoms with van der Waals surface area (Å²) in [6.07, 6.45) is 2.35. The Hall–Kier alpha value is -2.01. The van der Waals surface area contributed by atoms with Crippen molar-refractivity contribution in [3.8, 4) is 11.3 Å². The quantitative estimate of drug-likeness (QED) is 0.945. The van der Waals surface area contributed by atoms with Crippen LogP contribution in [0.4, 0.5) is 10.2 Å². The van der Waals surface area contributed by atoms with Gasteiger partial charge in [-0.25, -0.2) is 4.39 Å². The fourth-order valence-corrected chi connectivity index (χ4v) is 2.89. The molecule has 0 unspecified atom stereocenters. The van der Waals surface area contributed by atoms with Crippen molar-refractivity contribution in [3.63, 3.8) is 0 Å². The molecule has 1 N–H and O–H groups in total. The zero-order valence-electron chi connectivity index (χ0n) is 13.0. The monoisotopic (exact) mass is 300 g/mol. The summed E-state index contributed by atoms with van der Waals surface area (Å²) in [5, 5.41) is 12.0. The van der Waals surface area contributed by atoms with E-state index in [0.717, 1.165) is 36.5 Å². The second kappa shape index (κ2) is 6.40. The van der Waals surface area contributed by atoms with E-state index in [-0.39, 0.29) is 5.82 Å². The average Bonchev–Trinajstić information content (AvgIpc) is 2.49. The molecule has 22 heavy (non-hydrogen) atoms. The molecule has 0 radical (unpaired) electrons. The SMILES string of the molecule is Cc1cc(-c2cccc(F)c2)nnc1N[C@@H]1CCCN(C)C1. The Morgan fingerprint density at radius 3 is 2.86 bits per heavy atom. The van der Waals surface area contributed by atoms with Crippen molar-refractivity contribution >= 4 is 5.82 Å². The first kappa shape index (κ1) is 14.9. The minimum Gasteiger partial charge on any atom is -0.364 e. The van der Waals surface area contributed by atoms with Gasteiger partial charge in [0.1, 0.15) is 5.82 Å². The van der Waals surface area contributed by atoms with Crippen LogP contribution in [0.5, 0.6) is 0 Å². The molecule has 0 amide bonds. The molecule has 1 aliphatic rings. The second-order valence-electron chi connectivity index (χ2n) is 6.02. The molecule has 1 aromatic heterocycles. The maximum absolute atomic E-state index is 13.3. The summed E-state index contributed by atoms with van der Waals surface area (Å²) in [4.78, 5) is 2.32. The first-order valence-corrected chi connectivity index (χ1v) is 7.67. The number of nitrogens with zero attached hydrogens (tertiary/aromatic N) is 3. The van der Waals surface area contributed by atoms with Crippen molar-refractivity contribution in [2.24, 2.45) is 0 Å². The topological polar surface area (TPSA) is 41.1 Å². The van der Waals surface area contributed by atoms with Gasteiger partial charge in [-0.3, -0.25) is 0 Å². The van der Waals surface area contributed by atoms with E-state index in [2.05, 4.69) is 27.5 Å². The van der Waals surface area contributed by atoms with Crippen molar-refractivity contribution < 1.29 is 4.39 Å². The molecule has 1 fully saturated rings. The molecule has 1 aromatic carbocycles. The number of rotatable bonds is 3. The Bertz CT molecular complexity index is 659. The van der Waals surface area contributed by atoms with E-state index in [1.807, 2.05) is 19.1 Å². The van der Waals surface area contributed by atoms with Crippen LogP contribution in [-0.2, 0) is 0 Å². The average molecular weight is 300 g/mol. The molecule has 0 saturated carbocycles. The molecule has 0 bridgehead atoms. The fraction of sp³-hybridized carbons (Fsp3) is 0.412. The number of benzene rings is 1. The molecular weight excluding hydrogens is 279 g/mol. The van der Waals surface area contributed by atoms with Gasteiger partial charge >= 0.3 is 0 Å². The molecule has 3 rings (SSSR count). The highest BCUT2D eigenvalue weighted by atomic mass is 19.1. The minimum absolute atomic E-state index is 0.260. The number of hydrogen-bond donors (Lipinski definition) is 1. The first-order valence-electron chi connectivity index (χ1n) is 7.67. The van der Waals surface area contributed by atoms with Gasteiger partial charge in [-0.1, -0.05) is 12.1 Å². The Morgan fingerprint density at radius 2 is 2.14 bits per heavy atom. The van der Waals surface area contributed by atoms with Gasteiger partial charge in [-0.2, -0.15) is 0 Å². The third-order valence-electron chi connectivity index (χ3n) is 4.07. The molecule has 4 nitrogen and oxygen atoms in total. The largest absolute Gasteiger partial charge is 0.364 e. The molecule has 5 heteroatoms. The predicted molar refractivity (Wildman–Crippen MR) is 86.3 cm³/mol. The van der Waals surface area contributed by atoms with Crippen LogP contribution >= 0.6 is 0 Å². The maximum Gasteiger partial charge on any atom is 0.151 e. The van der Waals surface area contributed by atoms with Gasteiger partial charge in [-0.15, -0.1) is 10.2 Å². The van der Waals surface area contributed by atoms with Gasteiger partial charge in [0.25, 0.3) is 0 Å². The van der Waals surface area contributed by atoms with E-state index in [9.17, 15) is 4.39 Å². The van der Waals surface area contributed by atoms with Gasteiger partial charge in [0.2, 0.25) is 0 Å². The highest BCUT2D eigenvalue weighted by molar-refractivity contribution is 5.61. The lowest BCUT2D eigenvalue weighted by atomic mass is 10.1. The van der Waals surface area contributed by atoms with E-state index < -0.39 is 0 Å². The van der Waals surface area contributed by atoms with E-state index in [0.29, 0.717) is 11.7 Å². The number of anilines is 1. The van der Waals surface area contributed by atoms with E-state index >= 15 is 0 Å². The molecule has 2 heterocycles. The van der Waals surface area contributed by atoms with Crippen molar-refractivity contribution in [2.45, 2.75) is 25.8 Å². The minimum atomic E-state index is -0.260. The Labute approximate surface area is 130 Å². The zero-order chi connectivity index (χ0) is 15.5. The third-order valence-corrected chi connectivity index (χ3v) is 4.07. The number of halogens is 1. The van der Waals surface area contributed by atoms with Crippen molar-refractivity contribution in [1.29, 1.82) is 0 Å². The summed E-state index contributed by atoms with van der Waals surface area (Å²) < 4.78 is 13.3. The van der Waals surface area contributed by atoms with Crippen molar-refractivity contribution in [2.75, 3.05) is 25.5 Å². The molecule has 0 spiro atoms. The molecule has 116 valence electrons. The Morgan fingerprint density at radius 1 is 1.27 bits per heavy atom. The summed E-state index contributed by atoms with van der Waals surface area (Å²) in [5.41, 5.74) is 2.48. The van der Waals surface area contributed by atoms with Crippen LogP contribution < -0.4 is 5.32 Å². The second-order valence-corrected chi connectivity index (χ2v) is 6.02. The van der Waals surface area contributed by atoms with Crippen LogP contribution in [0.15, 0.2) is 30.3 Å². The highest BCUT2D eigenvalue weighted by Gasteiger charge is 2.18. The summed E-state index contributed by atoms with van der Waals surface area (Å²) in [6, 6.07) is 8.80. The number of aryl methyl sites for hydroxylation is 1. The lowest BCUT2D eigenvalue weighted by Gasteiger charge is -2.30. The normalized spacial score (nSPS) is 19.1. The van der Waals surface area contributed by atoms with Crippen LogP contribution in [0.1, 0.15) is 18.4 Å². The number of hydrogen-bond acceptors (Lipinski definition) is 4. The van der Waals surface area contributed by atoms with E-state index in [4.69, 9.17) is 0 Å². The van der Waals surface area contributed by atoms with Gasteiger partial charge in [-0.05, 0) is 57.1 Å². The summed E-state index contributed by atoms with van der Waals surface area (Å²) in [6.45, 7) is 4.18. The van der Waals surface area contributed by atoms with Crippen LogP contribution in [0.2, 0.25) is 0 Å². The number of likely N-dealkylation sites (N-methyl/N-ethyl adjacent to an activating group) is 1. The van der Waals surface area contributed by atoms with E-state index in [1.54, 1.807) is 6.07 Å². The first-order chi connectivity index (χ1) is 10.6.